The van der Waals surface area contributed by atoms with Gasteiger partial charge in [0.25, 0.3) is 0 Å². The molecule has 1 aliphatic carbocycles. The fourth-order valence-electron chi connectivity index (χ4n) is 9.67. The molecular weight excluding hydrogens is 693 g/mol. The van der Waals surface area contributed by atoms with E-state index in [-0.39, 0.29) is 35.8 Å². The SMILES string of the molecule is O=C1CCc2cc(CNC[C@H](O)c3ccc(O)c4[nH]c(=O)ccc34)ccc2N1CCCCc1cccc(C2(C(=O)O[C@H]3CN4CCC3CC4)CCCCC2)c1. The lowest BCUT2D eigenvalue weighted by Gasteiger charge is -2.45. The number of unbranched alkanes of at least 4 members (excludes halogenated alkanes) is 1. The van der Waals surface area contributed by atoms with Gasteiger partial charge in [-0.15, -0.1) is 0 Å². The molecule has 10 heteroatoms. The number of hydrogen-bond acceptors (Lipinski definition) is 8. The standard InChI is InChI=1S/C45H54N4O6/c50-38-15-12-35(36-13-16-41(52)47-43(36)38)39(51)28-46-27-31-10-14-37-33(25-31)11-17-42(53)49(37)22-5-2-7-30-8-6-9-34(26-30)45(20-3-1-4-21-45)44(54)55-40-29-48-23-18-32(40)19-24-48/h6,8-10,12-16,25-26,32,39-40,46,50-51H,1-5,7,11,17-24,27-29H2,(H,47,52)/t39-,40-/m0/s1. The fourth-order valence-corrected chi connectivity index (χ4v) is 9.67. The predicted molar refractivity (Wildman–Crippen MR) is 213 cm³/mol. The van der Waals surface area contributed by atoms with E-state index in [2.05, 4.69) is 45.5 Å². The van der Waals surface area contributed by atoms with Crippen molar-refractivity contribution in [3.63, 3.8) is 0 Å². The van der Waals surface area contributed by atoms with Gasteiger partial charge in [0.15, 0.2) is 0 Å². The summed E-state index contributed by atoms with van der Waals surface area (Å²) in [5.41, 5.74) is 5.62. The molecule has 5 heterocycles. The molecule has 9 rings (SSSR count). The number of phenolic OH excluding ortho intramolecular Hbond substituents is 1. The molecule has 5 aliphatic rings. The van der Waals surface area contributed by atoms with Gasteiger partial charge in [-0.1, -0.05) is 61.7 Å². The first kappa shape index (κ1) is 37.4. The molecule has 4 aromatic rings. The van der Waals surface area contributed by atoms with Crippen molar-refractivity contribution in [1.82, 2.24) is 15.2 Å². The minimum atomic E-state index is -0.841. The van der Waals surface area contributed by atoms with Gasteiger partial charge in [-0.3, -0.25) is 19.3 Å². The number of phenols is 1. The molecule has 2 atom stereocenters. The lowest BCUT2D eigenvalue weighted by Crippen LogP contribution is -2.53. The Bertz CT molecular complexity index is 2080. The van der Waals surface area contributed by atoms with Crippen LogP contribution in [0.15, 0.2) is 71.5 Å². The molecule has 4 aliphatic heterocycles. The molecule has 3 saturated heterocycles. The summed E-state index contributed by atoms with van der Waals surface area (Å²) < 4.78 is 6.39. The first-order chi connectivity index (χ1) is 26.8. The topological polar surface area (TPSA) is 135 Å². The van der Waals surface area contributed by atoms with Crippen molar-refractivity contribution in [2.24, 2.45) is 5.92 Å². The number of aryl methyl sites for hydroxylation is 2. The van der Waals surface area contributed by atoms with E-state index < -0.39 is 11.5 Å². The van der Waals surface area contributed by atoms with Crippen LogP contribution in [0.5, 0.6) is 5.75 Å². The first-order valence-electron chi connectivity index (χ1n) is 20.5. The van der Waals surface area contributed by atoms with Crippen molar-refractivity contribution >= 4 is 28.5 Å². The molecule has 3 aromatic carbocycles. The quantitative estimate of drug-likeness (QED) is 0.0940. The fraction of sp³-hybridized carbons (Fsp3) is 0.489. The zero-order valence-electron chi connectivity index (χ0n) is 31.7. The minimum absolute atomic E-state index is 0.00992. The van der Waals surface area contributed by atoms with Gasteiger partial charge in [0.1, 0.15) is 11.9 Å². The van der Waals surface area contributed by atoms with Crippen molar-refractivity contribution < 1.29 is 24.5 Å². The summed E-state index contributed by atoms with van der Waals surface area (Å²) >= 11 is 0. The summed E-state index contributed by atoms with van der Waals surface area (Å²) in [5, 5.41) is 25.1. The van der Waals surface area contributed by atoms with Crippen LogP contribution in [-0.2, 0) is 39.1 Å². The number of pyridine rings is 1. The number of benzene rings is 3. The molecule has 0 unspecified atom stereocenters. The molecule has 0 radical (unpaired) electrons. The number of amides is 1. The number of aromatic nitrogens is 1. The Morgan fingerprint density at radius 1 is 0.945 bits per heavy atom. The smallest absolute Gasteiger partial charge is 0.316 e. The number of aliphatic hydroxyl groups excluding tert-OH is 1. The van der Waals surface area contributed by atoms with Crippen molar-refractivity contribution in [2.75, 3.05) is 37.6 Å². The van der Waals surface area contributed by atoms with Gasteiger partial charge in [-0.05, 0) is 116 Å². The van der Waals surface area contributed by atoms with E-state index in [1.165, 1.54) is 24.1 Å². The second-order valence-corrected chi connectivity index (χ2v) is 16.3. The van der Waals surface area contributed by atoms with E-state index in [0.29, 0.717) is 48.3 Å². The summed E-state index contributed by atoms with van der Waals surface area (Å²) in [6.45, 7) is 4.64. The highest BCUT2D eigenvalue weighted by Crippen LogP contribution is 2.42. The van der Waals surface area contributed by atoms with Crippen LogP contribution in [0.25, 0.3) is 10.9 Å². The number of aliphatic hydroxyl groups is 1. The molecule has 290 valence electrons. The van der Waals surface area contributed by atoms with Gasteiger partial charge in [0.05, 0.1) is 17.0 Å². The Kier molecular flexibility index (Phi) is 11.1. The van der Waals surface area contributed by atoms with Crippen molar-refractivity contribution in [2.45, 2.75) is 101 Å². The highest BCUT2D eigenvalue weighted by atomic mass is 16.5. The number of carbonyl (C=O) groups excluding carboxylic acids is 2. The van der Waals surface area contributed by atoms with Crippen LogP contribution in [-0.4, -0.2) is 70.8 Å². The molecule has 1 aromatic heterocycles. The summed E-state index contributed by atoms with van der Waals surface area (Å²) in [6, 6.07) is 21.1. The highest BCUT2D eigenvalue weighted by Gasteiger charge is 2.46. The van der Waals surface area contributed by atoms with Crippen LogP contribution in [0, 0.1) is 5.92 Å². The number of H-pyrrole nitrogens is 1. The number of carbonyl (C=O) groups is 2. The van der Waals surface area contributed by atoms with Crippen molar-refractivity contribution in [3.8, 4) is 5.75 Å². The Morgan fingerprint density at radius 3 is 2.58 bits per heavy atom. The number of aromatic amines is 1. The number of rotatable bonds is 13. The monoisotopic (exact) mass is 746 g/mol. The van der Waals surface area contributed by atoms with E-state index in [1.54, 1.807) is 12.1 Å². The number of aromatic hydroxyl groups is 1. The van der Waals surface area contributed by atoms with E-state index in [9.17, 15) is 24.6 Å². The minimum Gasteiger partial charge on any atom is -0.506 e. The van der Waals surface area contributed by atoms with E-state index in [4.69, 9.17) is 4.74 Å². The number of fused-ring (bicyclic) bond motifs is 5. The van der Waals surface area contributed by atoms with Crippen LogP contribution in [0.1, 0.15) is 98.1 Å². The number of anilines is 1. The maximum Gasteiger partial charge on any atom is 0.316 e. The Balaban J connectivity index is 0.857. The van der Waals surface area contributed by atoms with Gasteiger partial charge in [0.2, 0.25) is 11.5 Å². The third-order valence-electron chi connectivity index (χ3n) is 12.8. The maximum absolute atomic E-state index is 14.0. The van der Waals surface area contributed by atoms with Gasteiger partial charge in [-0.25, -0.2) is 0 Å². The van der Waals surface area contributed by atoms with E-state index >= 15 is 0 Å². The molecule has 0 spiro atoms. The number of hydrogen-bond donors (Lipinski definition) is 4. The molecule has 1 amide bonds. The first-order valence-corrected chi connectivity index (χ1v) is 20.5. The number of nitrogens with one attached hydrogen (secondary N) is 2. The Hall–Kier alpha value is -4.51. The summed E-state index contributed by atoms with van der Waals surface area (Å²) in [6.07, 6.45) is 10.3. The second-order valence-electron chi connectivity index (χ2n) is 16.3. The zero-order chi connectivity index (χ0) is 37.9. The normalized spacial score (nSPS) is 22.4. The summed E-state index contributed by atoms with van der Waals surface area (Å²) in [7, 11) is 0. The number of ether oxygens (including phenoxy) is 1. The van der Waals surface area contributed by atoms with E-state index in [0.717, 1.165) is 99.8 Å². The molecular formula is C45H54N4O6. The lowest BCUT2D eigenvalue weighted by molar-refractivity contribution is -0.167. The predicted octanol–water partition coefficient (Wildman–Crippen LogP) is 6.20. The summed E-state index contributed by atoms with van der Waals surface area (Å²) in [5.74, 6) is 0.612. The zero-order valence-corrected chi connectivity index (χ0v) is 31.7. The Labute approximate surface area is 322 Å². The number of piperidine rings is 3. The Morgan fingerprint density at radius 2 is 1.78 bits per heavy atom. The molecule has 2 bridgehead atoms. The average molecular weight is 747 g/mol. The van der Waals surface area contributed by atoms with Gasteiger partial charge >= 0.3 is 5.97 Å². The third kappa shape index (κ3) is 7.95. The van der Waals surface area contributed by atoms with Crippen LogP contribution < -0.4 is 15.8 Å². The number of nitrogens with zero attached hydrogens (tertiary/aromatic N) is 2. The number of esters is 1. The van der Waals surface area contributed by atoms with Crippen LogP contribution >= 0.6 is 0 Å². The molecule has 4 fully saturated rings. The van der Waals surface area contributed by atoms with Gasteiger partial charge < -0.3 is 30.2 Å². The van der Waals surface area contributed by atoms with Gasteiger partial charge in [0, 0.05) is 49.7 Å². The molecule has 4 N–H and O–H groups in total. The summed E-state index contributed by atoms with van der Waals surface area (Å²) in [4.78, 5) is 46.0. The van der Waals surface area contributed by atoms with Crippen LogP contribution in [0.2, 0.25) is 0 Å². The average Bonchev–Trinajstić information content (AvgIpc) is 3.21. The molecule has 1 saturated carbocycles. The van der Waals surface area contributed by atoms with E-state index in [1.807, 2.05) is 17.0 Å². The maximum atomic E-state index is 14.0. The third-order valence-corrected chi connectivity index (χ3v) is 12.8. The second kappa shape index (κ2) is 16.3. The highest BCUT2D eigenvalue weighted by molar-refractivity contribution is 5.96. The van der Waals surface area contributed by atoms with Gasteiger partial charge in [-0.2, -0.15) is 0 Å². The largest absolute Gasteiger partial charge is 0.506 e. The molecule has 55 heavy (non-hydrogen) atoms. The van der Waals surface area contributed by atoms with Crippen molar-refractivity contribution in [3.05, 3.63) is 105 Å². The molecule has 10 nitrogen and oxygen atoms in total. The van der Waals surface area contributed by atoms with Crippen LogP contribution in [0.4, 0.5) is 5.69 Å². The van der Waals surface area contributed by atoms with Crippen LogP contribution in [0.3, 0.4) is 0 Å². The lowest BCUT2D eigenvalue weighted by atomic mass is 9.69. The van der Waals surface area contributed by atoms with Crippen molar-refractivity contribution in [1.29, 1.82) is 0 Å².